The summed E-state index contributed by atoms with van der Waals surface area (Å²) in [5.41, 5.74) is 3.74. The van der Waals surface area contributed by atoms with Gasteiger partial charge in [0, 0.05) is 49.8 Å². The second kappa shape index (κ2) is 4.19. The molecule has 2 fully saturated rings. The smallest absolute Gasteiger partial charge is 0.136 e. The number of aromatic nitrogens is 2. The summed E-state index contributed by atoms with van der Waals surface area (Å²) in [4.78, 5) is 14.2. The van der Waals surface area contributed by atoms with E-state index in [1.807, 2.05) is 11.7 Å². The quantitative estimate of drug-likeness (QED) is 0.799. The first-order valence-electron chi connectivity index (χ1n) is 6.82. The molecule has 0 amide bonds. The Morgan fingerprint density at radius 1 is 1.22 bits per heavy atom. The van der Waals surface area contributed by atoms with Gasteiger partial charge in [-0.15, -0.1) is 0 Å². The number of aryl methyl sites for hydroxylation is 2. The maximum atomic E-state index is 11.6. The molecule has 2 aliphatic heterocycles. The van der Waals surface area contributed by atoms with Crippen LogP contribution in [-0.4, -0.2) is 32.5 Å². The molecule has 2 aliphatic rings. The lowest BCUT2D eigenvalue weighted by Gasteiger charge is -2.34. The van der Waals surface area contributed by atoms with E-state index in [4.69, 9.17) is 0 Å². The van der Waals surface area contributed by atoms with E-state index in [0.717, 1.165) is 25.1 Å². The molecule has 1 aromatic heterocycles. The summed E-state index contributed by atoms with van der Waals surface area (Å²) >= 11 is 0. The molecular formula is C14H21N3O. The number of hydrogen-bond acceptors (Lipinski definition) is 3. The van der Waals surface area contributed by atoms with E-state index in [2.05, 4.69) is 23.8 Å². The van der Waals surface area contributed by atoms with Crippen molar-refractivity contribution in [2.75, 3.05) is 0 Å². The van der Waals surface area contributed by atoms with Gasteiger partial charge in [-0.05, 0) is 26.7 Å². The van der Waals surface area contributed by atoms with Gasteiger partial charge in [-0.2, -0.15) is 5.10 Å². The lowest BCUT2D eigenvalue weighted by molar-refractivity contribution is -0.123. The van der Waals surface area contributed by atoms with Crippen LogP contribution in [0.2, 0.25) is 0 Å². The van der Waals surface area contributed by atoms with Gasteiger partial charge in [-0.1, -0.05) is 0 Å². The number of carbonyl (C=O) groups is 1. The molecule has 0 aromatic carbocycles. The Balaban J connectivity index is 1.83. The molecule has 3 heterocycles. The summed E-state index contributed by atoms with van der Waals surface area (Å²) in [6.07, 6.45) is 3.90. The second-order valence-electron chi connectivity index (χ2n) is 5.78. The zero-order valence-electron chi connectivity index (χ0n) is 11.4. The van der Waals surface area contributed by atoms with Gasteiger partial charge >= 0.3 is 0 Å². The minimum Gasteiger partial charge on any atom is -0.300 e. The molecule has 3 rings (SSSR count). The molecule has 1 aromatic rings. The van der Waals surface area contributed by atoms with Crippen LogP contribution in [0.4, 0.5) is 0 Å². The van der Waals surface area contributed by atoms with E-state index >= 15 is 0 Å². The van der Waals surface area contributed by atoms with Gasteiger partial charge < -0.3 is 0 Å². The predicted octanol–water partition coefficient (Wildman–Crippen LogP) is 1.73. The fourth-order valence-electron chi connectivity index (χ4n) is 3.55. The number of carbonyl (C=O) groups excluding carboxylic acids is 1. The van der Waals surface area contributed by atoms with E-state index in [1.165, 1.54) is 24.1 Å². The van der Waals surface area contributed by atoms with Crippen LogP contribution in [0.1, 0.15) is 42.6 Å². The molecule has 0 N–H and O–H groups in total. The molecule has 2 saturated heterocycles. The Bertz CT molecular complexity index is 475. The van der Waals surface area contributed by atoms with Crippen molar-refractivity contribution in [1.29, 1.82) is 0 Å². The van der Waals surface area contributed by atoms with Gasteiger partial charge in [0.15, 0.2) is 0 Å². The minimum absolute atomic E-state index is 0.457. The van der Waals surface area contributed by atoms with Crippen molar-refractivity contribution in [3.05, 3.63) is 17.0 Å². The standard InChI is InChI=1S/C14H21N3O/c1-9-14(10(2)16(3)15-9)8-17-11-4-5-12(17)7-13(18)6-11/h11-12H,4-8H2,1-3H3. The third-order valence-electron chi connectivity index (χ3n) is 4.70. The van der Waals surface area contributed by atoms with E-state index in [0.29, 0.717) is 17.9 Å². The number of fused-ring (bicyclic) bond motifs is 2. The summed E-state index contributed by atoms with van der Waals surface area (Å²) in [5, 5.41) is 4.48. The van der Waals surface area contributed by atoms with Crippen molar-refractivity contribution in [1.82, 2.24) is 14.7 Å². The number of piperidine rings is 1. The molecule has 0 aliphatic carbocycles. The first-order chi connectivity index (χ1) is 8.56. The van der Waals surface area contributed by atoms with Crippen molar-refractivity contribution >= 4 is 5.78 Å². The molecule has 2 bridgehead atoms. The van der Waals surface area contributed by atoms with Crippen LogP contribution < -0.4 is 0 Å². The summed E-state index contributed by atoms with van der Waals surface area (Å²) in [7, 11) is 2.00. The van der Waals surface area contributed by atoms with Gasteiger partial charge in [0.25, 0.3) is 0 Å². The Morgan fingerprint density at radius 3 is 2.33 bits per heavy atom. The maximum absolute atomic E-state index is 11.6. The highest BCUT2D eigenvalue weighted by Crippen LogP contribution is 2.35. The highest BCUT2D eigenvalue weighted by Gasteiger charge is 2.40. The van der Waals surface area contributed by atoms with E-state index < -0.39 is 0 Å². The van der Waals surface area contributed by atoms with Crippen LogP contribution in [0.15, 0.2) is 0 Å². The van der Waals surface area contributed by atoms with Crippen LogP contribution in [0.3, 0.4) is 0 Å². The summed E-state index contributed by atoms with van der Waals surface area (Å²) in [5.74, 6) is 0.457. The third kappa shape index (κ3) is 1.79. The van der Waals surface area contributed by atoms with Gasteiger partial charge in [-0.25, -0.2) is 0 Å². The SMILES string of the molecule is Cc1nn(C)c(C)c1CN1C2CCC1CC(=O)C2. The summed E-state index contributed by atoms with van der Waals surface area (Å²) in [6, 6.07) is 0.963. The van der Waals surface area contributed by atoms with Crippen LogP contribution in [0.5, 0.6) is 0 Å². The molecule has 98 valence electrons. The van der Waals surface area contributed by atoms with E-state index in [9.17, 15) is 4.79 Å². The molecule has 2 atom stereocenters. The number of ketones is 1. The van der Waals surface area contributed by atoms with E-state index in [1.54, 1.807) is 0 Å². The average molecular weight is 247 g/mol. The molecule has 4 heteroatoms. The molecule has 2 unspecified atom stereocenters. The lowest BCUT2D eigenvalue weighted by Crippen LogP contribution is -2.42. The topological polar surface area (TPSA) is 38.1 Å². The lowest BCUT2D eigenvalue weighted by atomic mass is 10.0. The zero-order valence-corrected chi connectivity index (χ0v) is 11.4. The van der Waals surface area contributed by atoms with Gasteiger partial charge in [0.05, 0.1) is 5.69 Å². The monoisotopic (exact) mass is 247 g/mol. The summed E-state index contributed by atoms with van der Waals surface area (Å²) < 4.78 is 1.96. The number of hydrogen-bond donors (Lipinski definition) is 0. The van der Waals surface area contributed by atoms with Gasteiger partial charge in [-0.3, -0.25) is 14.4 Å². The van der Waals surface area contributed by atoms with Crippen LogP contribution in [-0.2, 0) is 18.4 Å². The average Bonchev–Trinajstić information content (AvgIpc) is 2.68. The number of nitrogens with zero attached hydrogens (tertiary/aromatic N) is 3. The Hall–Kier alpha value is -1.16. The summed E-state index contributed by atoms with van der Waals surface area (Å²) in [6.45, 7) is 5.18. The first-order valence-corrected chi connectivity index (χ1v) is 6.82. The molecule has 4 nitrogen and oxygen atoms in total. The Morgan fingerprint density at radius 2 is 1.83 bits per heavy atom. The van der Waals surface area contributed by atoms with Crippen molar-refractivity contribution in [2.24, 2.45) is 7.05 Å². The zero-order chi connectivity index (χ0) is 12.9. The fourth-order valence-corrected chi connectivity index (χ4v) is 3.55. The van der Waals surface area contributed by atoms with Crippen LogP contribution >= 0.6 is 0 Å². The van der Waals surface area contributed by atoms with Crippen LogP contribution in [0, 0.1) is 13.8 Å². The maximum Gasteiger partial charge on any atom is 0.136 e. The Labute approximate surface area is 108 Å². The molecule has 18 heavy (non-hydrogen) atoms. The first kappa shape index (κ1) is 11.9. The predicted molar refractivity (Wildman–Crippen MR) is 69.3 cm³/mol. The Kier molecular flexibility index (Phi) is 2.77. The van der Waals surface area contributed by atoms with Crippen LogP contribution in [0.25, 0.3) is 0 Å². The van der Waals surface area contributed by atoms with Crippen molar-refractivity contribution in [3.8, 4) is 0 Å². The largest absolute Gasteiger partial charge is 0.300 e. The van der Waals surface area contributed by atoms with E-state index in [-0.39, 0.29) is 0 Å². The van der Waals surface area contributed by atoms with Crippen molar-refractivity contribution in [3.63, 3.8) is 0 Å². The molecule has 0 saturated carbocycles. The molecule has 0 spiro atoms. The minimum atomic E-state index is 0.457. The van der Waals surface area contributed by atoms with Gasteiger partial charge in [0.1, 0.15) is 5.78 Å². The normalized spacial score (nSPS) is 28.1. The third-order valence-corrected chi connectivity index (χ3v) is 4.70. The number of rotatable bonds is 2. The highest BCUT2D eigenvalue weighted by molar-refractivity contribution is 5.80. The van der Waals surface area contributed by atoms with Crippen molar-refractivity contribution in [2.45, 2.75) is 58.2 Å². The number of Topliss-reactive ketones (excluding diaryl/α,β-unsaturated/α-hetero) is 1. The highest BCUT2D eigenvalue weighted by atomic mass is 16.1. The van der Waals surface area contributed by atoms with Crippen molar-refractivity contribution < 1.29 is 4.79 Å². The molecular weight excluding hydrogens is 226 g/mol. The fraction of sp³-hybridized carbons (Fsp3) is 0.714. The molecule has 0 radical (unpaired) electrons. The van der Waals surface area contributed by atoms with Gasteiger partial charge in [0.2, 0.25) is 0 Å². The second-order valence-corrected chi connectivity index (χ2v) is 5.78.